The first kappa shape index (κ1) is 17.5. The molecule has 174 valence electrons. The normalized spacial score (nSPS) is 15.7. The van der Waals surface area contributed by atoms with Crippen molar-refractivity contribution in [1.82, 2.24) is 0 Å². The van der Waals surface area contributed by atoms with Gasteiger partial charge in [-0.1, -0.05) is 76.2 Å². The first-order valence-electron chi connectivity index (χ1n) is 14.2. The molecule has 0 N–H and O–H groups in total. The Morgan fingerprint density at radius 2 is 1.63 bits per heavy atom. The van der Waals surface area contributed by atoms with Gasteiger partial charge in [-0.25, -0.2) is 9.41 Å². The second-order valence-corrected chi connectivity index (χ2v) is 9.41. The zero-order chi connectivity index (χ0) is 29.1. The zero-order valence-corrected chi connectivity index (χ0v) is 20.7. The van der Waals surface area contributed by atoms with Gasteiger partial charge in [-0.15, -0.1) is 0 Å². The Kier molecular flexibility index (Phi) is 4.36. The molecule has 5 rings (SSSR count). The largest absolute Gasteiger partial charge is 0.456 e. The molecule has 0 spiro atoms. The zero-order valence-electron chi connectivity index (χ0n) is 25.7. The van der Waals surface area contributed by atoms with Crippen molar-refractivity contribution in [2.75, 3.05) is 0 Å². The molecule has 0 saturated heterocycles. The van der Waals surface area contributed by atoms with Crippen LogP contribution in [0.25, 0.3) is 49.2 Å². The van der Waals surface area contributed by atoms with Crippen LogP contribution < -0.4 is 4.57 Å². The molecule has 0 radical (unpaired) electrons. The van der Waals surface area contributed by atoms with Gasteiger partial charge in [-0.3, -0.25) is 0 Å². The lowest BCUT2D eigenvalue weighted by atomic mass is 9.96. The Balaban J connectivity index is 1.79. The van der Waals surface area contributed by atoms with Gasteiger partial charge >= 0.3 is 0 Å². The molecule has 35 heavy (non-hydrogen) atoms. The molecule has 1 unspecified atom stereocenters. The van der Waals surface area contributed by atoms with E-state index in [1.54, 1.807) is 23.9 Å². The number of pyridine rings is 1. The van der Waals surface area contributed by atoms with Gasteiger partial charge in [0, 0.05) is 33.4 Å². The second kappa shape index (κ2) is 8.71. The Labute approximate surface area is 214 Å². The Hall–Kier alpha value is -3.90. The molecule has 0 aliphatic carbocycles. The quantitative estimate of drug-likeness (QED) is 0.192. The second-order valence-electron chi connectivity index (χ2n) is 9.41. The third-order valence-electron chi connectivity index (χ3n) is 6.71. The number of aryl methyl sites for hydroxylation is 2. The van der Waals surface area contributed by atoms with E-state index >= 15 is 0 Å². The molecule has 3 nitrogen and oxygen atoms in total. The molecular weight excluding hydrogens is 428 g/mol. The summed E-state index contributed by atoms with van der Waals surface area (Å²) in [5.41, 5.74) is 7.12. The van der Waals surface area contributed by atoms with Gasteiger partial charge < -0.3 is 4.42 Å². The minimum absolute atomic E-state index is 0.0181. The summed E-state index contributed by atoms with van der Waals surface area (Å²) in [6, 6.07) is 17.6. The lowest BCUT2D eigenvalue weighted by molar-refractivity contribution is -0.660. The van der Waals surface area contributed by atoms with Crippen molar-refractivity contribution in [2.24, 2.45) is 7.05 Å². The average Bonchev–Trinajstić information content (AvgIpc) is 3.27. The van der Waals surface area contributed by atoms with Crippen LogP contribution in [0, 0.1) is 13.5 Å². The fraction of sp³-hybridized carbons (Fsp3) is 0.250. The van der Waals surface area contributed by atoms with Crippen LogP contribution in [0.1, 0.15) is 63.0 Å². The Morgan fingerprint density at radius 1 is 0.943 bits per heavy atom. The molecule has 2 heterocycles. The van der Waals surface area contributed by atoms with Crippen molar-refractivity contribution in [1.29, 1.82) is 0 Å². The lowest BCUT2D eigenvalue weighted by Gasteiger charge is -2.09. The molecule has 2 aromatic heterocycles. The van der Waals surface area contributed by atoms with Crippen LogP contribution >= 0.6 is 0 Å². The molecule has 3 aromatic carbocycles. The molecule has 0 saturated carbocycles. The highest BCUT2D eigenvalue weighted by Gasteiger charge is 2.23. The highest BCUT2D eigenvalue weighted by molar-refractivity contribution is 6.15. The summed E-state index contributed by atoms with van der Waals surface area (Å²) >= 11 is 0. The molecule has 0 bridgehead atoms. The fourth-order valence-electron chi connectivity index (χ4n) is 4.72. The maximum absolute atomic E-state index is 8.68. The number of hydrogen-bond acceptors (Lipinski definition) is 1. The SMILES string of the molecule is [2H]c1cc(-c2c(C)ccc3c2oc2c(-c4ccc(C(C)C)cc4)c([N+]#[C-])ccc23)[n+](C)cc1C([2H])(C)C([2H])([2H])[2H]. The fourth-order valence-corrected chi connectivity index (χ4v) is 4.72. The number of nitrogens with zero attached hydrogens (tertiary/aromatic N) is 2. The lowest BCUT2D eigenvalue weighted by Crippen LogP contribution is -2.31. The van der Waals surface area contributed by atoms with Crippen LogP contribution in [-0.4, -0.2) is 0 Å². The summed E-state index contributed by atoms with van der Waals surface area (Å²) < 4.78 is 49.1. The van der Waals surface area contributed by atoms with E-state index in [1.165, 1.54) is 12.5 Å². The van der Waals surface area contributed by atoms with Crippen LogP contribution in [0.2, 0.25) is 0 Å². The van der Waals surface area contributed by atoms with E-state index in [4.69, 9.17) is 17.8 Å². The van der Waals surface area contributed by atoms with Crippen LogP contribution in [0.5, 0.6) is 0 Å². The molecule has 3 heteroatoms. The Bertz CT molecular complexity index is 1820. The van der Waals surface area contributed by atoms with E-state index in [1.807, 2.05) is 43.3 Å². The summed E-state index contributed by atoms with van der Waals surface area (Å²) in [5.74, 6) is -1.54. The van der Waals surface area contributed by atoms with E-state index < -0.39 is 12.7 Å². The van der Waals surface area contributed by atoms with Gasteiger partial charge in [0.05, 0.1) is 13.5 Å². The first-order valence-corrected chi connectivity index (χ1v) is 11.7. The van der Waals surface area contributed by atoms with Crippen molar-refractivity contribution in [3.05, 3.63) is 94.9 Å². The number of aromatic nitrogens is 1. The molecule has 0 aliphatic heterocycles. The van der Waals surface area contributed by atoms with Crippen molar-refractivity contribution in [3.8, 4) is 22.4 Å². The molecule has 0 fully saturated rings. The van der Waals surface area contributed by atoms with Crippen LogP contribution in [0.3, 0.4) is 0 Å². The Morgan fingerprint density at radius 3 is 2.29 bits per heavy atom. The van der Waals surface area contributed by atoms with E-state index in [-0.39, 0.29) is 11.6 Å². The number of benzene rings is 3. The molecule has 0 amide bonds. The smallest absolute Gasteiger partial charge is 0.216 e. The number of hydrogen-bond donors (Lipinski definition) is 0. The molecule has 5 aromatic rings. The molecular formula is C32H31N2O+. The number of furan rings is 1. The maximum atomic E-state index is 8.68. The van der Waals surface area contributed by atoms with Crippen LogP contribution in [0.4, 0.5) is 5.69 Å². The van der Waals surface area contributed by atoms with Gasteiger partial charge in [-0.05, 0) is 41.5 Å². The highest BCUT2D eigenvalue weighted by Crippen LogP contribution is 2.44. The van der Waals surface area contributed by atoms with Gasteiger partial charge in [-0.2, -0.15) is 0 Å². The average molecular weight is 465 g/mol. The van der Waals surface area contributed by atoms with Crippen LogP contribution in [-0.2, 0) is 7.05 Å². The van der Waals surface area contributed by atoms with Crippen molar-refractivity contribution < 1.29 is 15.8 Å². The highest BCUT2D eigenvalue weighted by atomic mass is 16.3. The summed E-state index contributed by atoms with van der Waals surface area (Å²) in [5, 5.41) is 1.77. The summed E-state index contributed by atoms with van der Waals surface area (Å²) in [6.07, 6.45) is 1.57. The van der Waals surface area contributed by atoms with E-state index in [9.17, 15) is 0 Å². The van der Waals surface area contributed by atoms with E-state index in [0.717, 1.165) is 33.0 Å². The monoisotopic (exact) mass is 464 g/mol. The molecule has 1 atom stereocenters. The van der Waals surface area contributed by atoms with E-state index in [2.05, 4.69) is 30.8 Å². The predicted octanol–water partition coefficient (Wildman–Crippen LogP) is 8.85. The molecule has 0 aliphatic rings. The number of rotatable bonds is 4. The third-order valence-corrected chi connectivity index (χ3v) is 6.71. The minimum atomic E-state index is -2.59. The van der Waals surface area contributed by atoms with Crippen LogP contribution in [0.15, 0.2) is 71.3 Å². The van der Waals surface area contributed by atoms with Crippen molar-refractivity contribution >= 4 is 27.6 Å². The summed E-state index contributed by atoms with van der Waals surface area (Å²) in [6.45, 7) is 12.8. The van der Waals surface area contributed by atoms with Gasteiger partial charge in [0.25, 0.3) is 0 Å². The van der Waals surface area contributed by atoms with Gasteiger partial charge in [0.15, 0.2) is 11.9 Å². The number of fused-ring (bicyclic) bond motifs is 3. The maximum Gasteiger partial charge on any atom is 0.216 e. The predicted molar refractivity (Wildman–Crippen MR) is 145 cm³/mol. The first-order chi connectivity index (χ1) is 18.8. The third kappa shape index (κ3) is 3.80. The standard InChI is InChI=1S/C32H31N2O/c1-19(2)22-9-11-23(12-10-22)30-27(33-6)16-15-26-25-14-8-21(5)29(31(25)35-32(26)30)28-17-13-24(20(3)4)18-34(28)7/h8-20H,1-5,7H3/q+1/i3D3,13D,20D. The summed E-state index contributed by atoms with van der Waals surface area (Å²) in [4.78, 5) is 3.80. The van der Waals surface area contributed by atoms with Gasteiger partial charge in [0.2, 0.25) is 5.69 Å². The summed E-state index contributed by atoms with van der Waals surface area (Å²) in [7, 11) is 1.79. The van der Waals surface area contributed by atoms with Crippen molar-refractivity contribution in [2.45, 2.75) is 46.4 Å². The van der Waals surface area contributed by atoms with E-state index in [0.29, 0.717) is 28.5 Å². The topological polar surface area (TPSA) is 21.4 Å². The van der Waals surface area contributed by atoms with Gasteiger partial charge in [0.1, 0.15) is 18.2 Å². The van der Waals surface area contributed by atoms with Crippen molar-refractivity contribution in [3.63, 3.8) is 0 Å². The minimum Gasteiger partial charge on any atom is -0.456 e.